The van der Waals surface area contributed by atoms with E-state index in [1.54, 1.807) is 24.3 Å². The minimum Gasteiger partial charge on any atom is -0.369 e. The average molecular weight is 584 g/mol. The van der Waals surface area contributed by atoms with E-state index in [-0.39, 0.29) is 11.9 Å². The number of aliphatic imine (C=N–C) groups is 3. The van der Waals surface area contributed by atoms with Gasteiger partial charge in [0.2, 0.25) is 23.8 Å². The molecule has 5 rings (SSSR count). The number of anilines is 2. The second-order valence-electron chi connectivity index (χ2n) is 10.1. The summed E-state index contributed by atoms with van der Waals surface area (Å²) in [7, 11) is 0. The summed E-state index contributed by atoms with van der Waals surface area (Å²) in [6, 6.07) is 9.33. The first-order valence-corrected chi connectivity index (χ1v) is 14.6. The number of hydrogen-bond donors (Lipinski definition) is 5. The Morgan fingerprint density at radius 1 is 0.975 bits per heavy atom. The standard InChI is InChI=1S/C28H36Cl2N10/c29-19-6-8-20(9-7-19)37-26(32)38-25(31)34-12-3-1-2-4-13-35-28-36-14-16-40(28)27(33)39-15-11-21-22-10-5-18(24(22)30)17-23(21)39/h6-9,17,33H,1-5,10-16H2,(H,35,36)(H5,31,32,34,37,38). The van der Waals surface area contributed by atoms with Gasteiger partial charge in [-0.05, 0) is 79.1 Å². The minimum absolute atomic E-state index is 0.153. The highest BCUT2D eigenvalue weighted by Gasteiger charge is 2.33. The molecule has 0 saturated heterocycles. The van der Waals surface area contributed by atoms with Crippen molar-refractivity contribution in [2.75, 3.05) is 42.9 Å². The highest BCUT2D eigenvalue weighted by molar-refractivity contribution is 6.33. The van der Waals surface area contributed by atoms with Gasteiger partial charge in [0.1, 0.15) is 0 Å². The number of guanidine groups is 4. The van der Waals surface area contributed by atoms with Gasteiger partial charge in [-0.3, -0.25) is 20.3 Å². The van der Waals surface area contributed by atoms with Crippen LogP contribution in [0, 0.1) is 5.41 Å². The van der Waals surface area contributed by atoms with Gasteiger partial charge in [-0.15, -0.1) is 0 Å². The predicted molar refractivity (Wildman–Crippen MR) is 166 cm³/mol. The van der Waals surface area contributed by atoms with Crippen LogP contribution in [0.25, 0.3) is 0 Å². The molecule has 3 aliphatic rings. The van der Waals surface area contributed by atoms with Gasteiger partial charge in [0.05, 0.1) is 6.54 Å². The zero-order chi connectivity index (χ0) is 28.1. The van der Waals surface area contributed by atoms with Crippen LogP contribution in [-0.2, 0) is 19.3 Å². The molecule has 40 heavy (non-hydrogen) atoms. The molecule has 2 heterocycles. The van der Waals surface area contributed by atoms with Crippen molar-refractivity contribution in [1.82, 2.24) is 10.2 Å². The van der Waals surface area contributed by atoms with Gasteiger partial charge in [0, 0.05) is 47.6 Å². The molecule has 7 N–H and O–H groups in total. The molecule has 0 fully saturated rings. The summed E-state index contributed by atoms with van der Waals surface area (Å²) in [5, 5.41) is 16.9. The second-order valence-corrected chi connectivity index (χ2v) is 10.9. The summed E-state index contributed by atoms with van der Waals surface area (Å²) < 4.78 is 0. The molecule has 0 atom stereocenters. The first-order valence-electron chi connectivity index (χ1n) is 13.8. The molecule has 10 nitrogen and oxygen atoms in total. The maximum atomic E-state index is 8.94. The third kappa shape index (κ3) is 6.45. The molecule has 0 spiro atoms. The SMILES string of the molecule is N=C(N1CCN=C1NCCCCCCN=C(N)N=C(N)Nc1ccc(Cl)cc1)N1CCc2c1cc1c(Cl)c2CC1. The summed E-state index contributed by atoms with van der Waals surface area (Å²) in [6.45, 7) is 3.65. The van der Waals surface area contributed by atoms with Gasteiger partial charge in [-0.1, -0.05) is 36.0 Å². The van der Waals surface area contributed by atoms with E-state index in [0.29, 0.717) is 24.1 Å². The normalized spacial score (nSPS) is 16.4. The number of nitrogens with two attached hydrogens (primary N) is 2. The molecule has 2 bridgehead atoms. The van der Waals surface area contributed by atoms with Crippen molar-refractivity contribution in [1.29, 1.82) is 5.41 Å². The Bertz CT molecular complexity index is 1340. The number of nitrogens with one attached hydrogen (secondary N) is 3. The van der Waals surface area contributed by atoms with Gasteiger partial charge >= 0.3 is 0 Å². The number of benzene rings is 2. The summed E-state index contributed by atoms with van der Waals surface area (Å²) in [5.41, 5.74) is 17.5. The lowest BCUT2D eigenvalue weighted by Crippen LogP contribution is -2.49. The number of halogens is 2. The molecular formula is C28H36Cl2N10. The highest BCUT2D eigenvalue weighted by Crippen LogP contribution is 2.42. The van der Waals surface area contributed by atoms with E-state index in [0.717, 1.165) is 86.9 Å². The van der Waals surface area contributed by atoms with Crippen molar-refractivity contribution in [2.45, 2.75) is 44.9 Å². The Morgan fingerprint density at radius 3 is 2.60 bits per heavy atom. The van der Waals surface area contributed by atoms with E-state index in [9.17, 15) is 0 Å². The predicted octanol–water partition coefficient (Wildman–Crippen LogP) is 3.95. The highest BCUT2D eigenvalue weighted by atomic mass is 35.5. The molecule has 0 radical (unpaired) electrons. The molecule has 212 valence electrons. The van der Waals surface area contributed by atoms with Crippen LogP contribution in [0.2, 0.25) is 10.0 Å². The van der Waals surface area contributed by atoms with Crippen LogP contribution in [0.1, 0.15) is 42.4 Å². The topological polar surface area (TPSA) is 144 Å². The lowest BCUT2D eigenvalue weighted by atomic mass is 10.1. The van der Waals surface area contributed by atoms with Crippen LogP contribution in [0.15, 0.2) is 45.3 Å². The molecule has 2 aromatic rings. The van der Waals surface area contributed by atoms with Crippen LogP contribution in [-0.4, -0.2) is 61.5 Å². The van der Waals surface area contributed by atoms with Crippen LogP contribution >= 0.6 is 23.2 Å². The second kappa shape index (κ2) is 12.8. The molecule has 2 aromatic carbocycles. The first-order chi connectivity index (χ1) is 19.4. The largest absolute Gasteiger partial charge is 0.369 e. The van der Waals surface area contributed by atoms with Crippen molar-refractivity contribution in [3.63, 3.8) is 0 Å². The van der Waals surface area contributed by atoms with E-state index in [2.05, 4.69) is 36.6 Å². The molecule has 1 aliphatic carbocycles. The van der Waals surface area contributed by atoms with Gasteiger partial charge < -0.3 is 27.0 Å². The minimum atomic E-state index is 0.153. The number of fused-ring (bicyclic) bond motifs is 4. The number of aryl methyl sites for hydroxylation is 1. The lowest BCUT2D eigenvalue weighted by molar-refractivity contribution is 0.594. The van der Waals surface area contributed by atoms with Gasteiger partial charge in [0.25, 0.3) is 0 Å². The first kappa shape index (κ1) is 28.0. The monoisotopic (exact) mass is 582 g/mol. The summed E-state index contributed by atoms with van der Waals surface area (Å²) in [6.07, 6.45) is 6.98. The van der Waals surface area contributed by atoms with Gasteiger partial charge in [-0.2, -0.15) is 4.99 Å². The Morgan fingerprint density at radius 2 is 1.77 bits per heavy atom. The van der Waals surface area contributed by atoms with Crippen LogP contribution < -0.4 is 27.0 Å². The van der Waals surface area contributed by atoms with Crippen molar-refractivity contribution in [3.8, 4) is 0 Å². The number of rotatable bonds is 8. The summed E-state index contributed by atoms with van der Waals surface area (Å²) in [4.78, 5) is 17.1. The molecule has 0 amide bonds. The molecule has 0 aromatic heterocycles. The lowest BCUT2D eigenvalue weighted by Gasteiger charge is -2.29. The zero-order valence-electron chi connectivity index (χ0n) is 22.5. The summed E-state index contributed by atoms with van der Waals surface area (Å²) in [5.74, 6) is 1.62. The number of nitrogens with zero attached hydrogens (tertiary/aromatic N) is 5. The smallest absolute Gasteiger partial charge is 0.218 e. The quantitative estimate of drug-likeness (QED) is 0.181. The van der Waals surface area contributed by atoms with Crippen LogP contribution in [0.5, 0.6) is 0 Å². The molecule has 12 heteroatoms. The van der Waals surface area contributed by atoms with Crippen molar-refractivity contribution in [2.24, 2.45) is 26.4 Å². The van der Waals surface area contributed by atoms with Gasteiger partial charge in [0.15, 0.2) is 0 Å². The van der Waals surface area contributed by atoms with E-state index in [4.69, 9.17) is 40.1 Å². The van der Waals surface area contributed by atoms with Gasteiger partial charge in [-0.25, -0.2) is 0 Å². The Balaban J connectivity index is 0.998. The maximum absolute atomic E-state index is 8.94. The van der Waals surface area contributed by atoms with Crippen molar-refractivity contribution in [3.05, 3.63) is 57.1 Å². The fourth-order valence-corrected chi connectivity index (χ4v) is 5.87. The molecule has 0 unspecified atom stereocenters. The number of hydrogen-bond acceptors (Lipinski definition) is 4. The number of unbranched alkanes of at least 4 members (excludes halogenated alkanes) is 3. The van der Waals surface area contributed by atoms with E-state index < -0.39 is 0 Å². The third-order valence-electron chi connectivity index (χ3n) is 7.40. The fraction of sp³-hybridized carbons (Fsp3) is 0.429. The van der Waals surface area contributed by atoms with E-state index in [1.807, 2.05) is 4.90 Å². The zero-order valence-corrected chi connectivity index (χ0v) is 24.0. The summed E-state index contributed by atoms with van der Waals surface area (Å²) >= 11 is 12.4. The van der Waals surface area contributed by atoms with E-state index >= 15 is 0 Å². The molecule has 2 aliphatic heterocycles. The van der Waals surface area contributed by atoms with Crippen molar-refractivity contribution >= 4 is 58.4 Å². The Hall–Kier alpha value is -3.50. The Kier molecular flexibility index (Phi) is 8.96. The molecule has 0 saturated carbocycles. The average Bonchev–Trinajstić information content (AvgIpc) is 3.63. The third-order valence-corrected chi connectivity index (χ3v) is 8.12. The Labute approximate surface area is 245 Å². The maximum Gasteiger partial charge on any atom is 0.218 e. The molecular weight excluding hydrogens is 547 g/mol. The van der Waals surface area contributed by atoms with Crippen molar-refractivity contribution < 1.29 is 0 Å². The fourth-order valence-electron chi connectivity index (χ4n) is 5.38. The van der Waals surface area contributed by atoms with Crippen LogP contribution in [0.3, 0.4) is 0 Å². The van der Waals surface area contributed by atoms with E-state index in [1.165, 1.54) is 16.7 Å². The van der Waals surface area contributed by atoms with Crippen LogP contribution in [0.4, 0.5) is 11.4 Å².